The maximum absolute atomic E-state index is 13.0. The summed E-state index contributed by atoms with van der Waals surface area (Å²) in [5.41, 5.74) is -0.489. The molecule has 7 heteroatoms. The minimum absolute atomic E-state index is 0. The molecule has 0 saturated carbocycles. The van der Waals surface area contributed by atoms with Crippen molar-refractivity contribution in [1.29, 1.82) is 0 Å². The molecule has 1 N–H and O–H groups in total. The third-order valence-corrected chi connectivity index (χ3v) is 5.06. The van der Waals surface area contributed by atoms with Crippen LogP contribution in [0.2, 0.25) is 0 Å². The largest absolute Gasteiger partial charge is 0.491 e. The molecule has 0 bridgehead atoms. The van der Waals surface area contributed by atoms with E-state index in [4.69, 9.17) is 9.47 Å². The Morgan fingerprint density at radius 3 is 2.64 bits per heavy atom. The number of methoxy groups -OCH3 is 1. The van der Waals surface area contributed by atoms with E-state index in [0.717, 1.165) is 32.4 Å². The molecule has 2 heterocycles. The number of nitrogens with zero attached hydrogens (tertiary/aromatic N) is 1. The Balaban J connectivity index is 0.00000225. The van der Waals surface area contributed by atoms with Gasteiger partial charge < -0.3 is 19.7 Å². The molecule has 2 aliphatic heterocycles. The summed E-state index contributed by atoms with van der Waals surface area (Å²) < 4.78 is 24.4. The zero-order valence-corrected chi connectivity index (χ0v) is 15.3. The van der Waals surface area contributed by atoms with E-state index in [-0.39, 0.29) is 30.0 Å². The van der Waals surface area contributed by atoms with E-state index in [1.165, 1.54) is 12.1 Å². The SMILES string of the molecule is COC1(COc2ccc(F)cc2)CCN(C(=O)C2CCNCC2)C1.Cl. The van der Waals surface area contributed by atoms with Gasteiger partial charge in [-0.15, -0.1) is 12.4 Å². The third-order valence-electron chi connectivity index (χ3n) is 5.06. The van der Waals surface area contributed by atoms with Gasteiger partial charge in [-0.05, 0) is 56.6 Å². The minimum Gasteiger partial charge on any atom is -0.491 e. The molecule has 2 aliphatic rings. The van der Waals surface area contributed by atoms with Gasteiger partial charge in [-0.25, -0.2) is 4.39 Å². The molecule has 0 aliphatic carbocycles. The van der Waals surface area contributed by atoms with E-state index in [0.29, 0.717) is 25.4 Å². The van der Waals surface area contributed by atoms with Gasteiger partial charge in [0.25, 0.3) is 0 Å². The quantitative estimate of drug-likeness (QED) is 0.861. The molecule has 5 nitrogen and oxygen atoms in total. The van der Waals surface area contributed by atoms with Crippen LogP contribution in [0.3, 0.4) is 0 Å². The number of amides is 1. The average Bonchev–Trinajstić information content (AvgIpc) is 3.06. The summed E-state index contributed by atoms with van der Waals surface area (Å²) in [5.74, 6) is 0.675. The van der Waals surface area contributed by atoms with E-state index in [9.17, 15) is 9.18 Å². The highest BCUT2D eigenvalue weighted by Crippen LogP contribution is 2.28. The van der Waals surface area contributed by atoms with Crippen molar-refractivity contribution in [2.75, 3.05) is 39.9 Å². The maximum Gasteiger partial charge on any atom is 0.225 e. The lowest BCUT2D eigenvalue weighted by Gasteiger charge is -2.30. The number of benzene rings is 1. The molecule has 2 fully saturated rings. The molecular weight excluding hydrogens is 347 g/mol. The van der Waals surface area contributed by atoms with Crippen molar-refractivity contribution in [3.05, 3.63) is 30.1 Å². The minimum atomic E-state index is -0.489. The van der Waals surface area contributed by atoms with Crippen LogP contribution in [-0.2, 0) is 9.53 Å². The Kier molecular flexibility index (Phi) is 7.04. The van der Waals surface area contributed by atoms with Gasteiger partial charge in [0.2, 0.25) is 5.91 Å². The van der Waals surface area contributed by atoms with Gasteiger partial charge >= 0.3 is 0 Å². The van der Waals surface area contributed by atoms with Crippen LogP contribution in [0.4, 0.5) is 4.39 Å². The van der Waals surface area contributed by atoms with Crippen molar-refractivity contribution in [3.8, 4) is 5.75 Å². The maximum atomic E-state index is 13.0. The Bertz CT molecular complexity index is 566. The van der Waals surface area contributed by atoms with Crippen LogP contribution in [-0.4, -0.2) is 56.3 Å². The molecule has 25 heavy (non-hydrogen) atoms. The highest BCUT2D eigenvalue weighted by Gasteiger charge is 2.42. The molecule has 1 amide bonds. The summed E-state index contributed by atoms with van der Waals surface area (Å²) >= 11 is 0. The van der Waals surface area contributed by atoms with E-state index < -0.39 is 5.60 Å². The number of carbonyl (C=O) groups excluding carboxylic acids is 1. The fourth-order valence-electron chi connectivity index (χ4n) is 3.45. The molecule has 3 rings (SSSR count). The predicted octanol–water partition coefficient (Wildman–Crippen LogP) is 2.24. The monoisotopic (exact) mass is 372 g/mol. The molecular formula is C18H26ClFN2O3. The molecule has 1 atom stereocenters. The number of nitrogens with one attached hydrogen (secondary N) is 1. The van der Waals surface area contributed by atoms with Crippen molar-refractivity contribution in [2.24, 2.45) is 5.92 Å². The Labute approximate surface area is 154 Å². The lowest BCUT2D eigenvalue weighted by molar-refractivity contribution is -0.136. The second kappa shape index (κ2) is 8.83. The summed E-state index contributed by atoms with van der Waals surface area (Å²) in [6.45, 7) is 3.42. The van der Waals surface area contributed by atoms with Crippen molar-refractivity contribution in [1.82, 2.24) is 10.2 Å². The lowest BCUT2D eigenvalue weighted by Crippen LogP contribution is -2.45. The molecule has 0 aromatic heterocycles. The number of carbonyl (C=O) groups is 1. The van der Waals surface area contributed by atoms with Crippen LogP contribution in [0.15, 0.2) is 24.3 Å². The van der Waals surface area contributed by atoms with Gasteiger partial charge in [0, 0.05) is 19.6 Å². The number of halogens is 2. The van der Waals surface area contributed by atoms with Crippen LogP contribution >= 0.6 is 12.4 Å². The predicted molar refractivity (Wildman–Crippen MR) is 95.7 cm³/mol. The van der Waals surface area contributed by atoms with Crippen LogP contribution in [0.5, 0.6) is 5.75 Å². The summed E-state index contributed by atoms with van der Waals surface area (Å²) in [5, 5.41) is 3.29. The lowest BCUT2D eigenvalue weighted by atomic mass is 9.96. The summed E-state index contributed by atoms with van der Waals surface area (Å²) in [4.78, 5) is 14.6. The zero-order valence-electron chi connectivity index (χ0n) is 14.5. The van der Waals surface area contributed by atoms with Crippen molar-refractivity contribution in [2.45, 2.75) is 24.9 Å². The molecule has 0 spiro atoms. The number of piperidine rings is 1. The number of ether oxygens (including phenoxy) is 2. The second-order valence-electron chi connectivity index (χ2n) is 6.66. The standard InChI is InChI=1S/C18H25FN2O3.ClH/c1-23-18(13-24-16-4-2-15(19)3-5-16)8-11-21(12-18)17(22)14-6-9-20-10-7-14;/h2-5,14,20H,6-13H2,1H3;1H. The Morgan fingerprint density at radius 2 is 2.00 bits per heavy atom. The summed E-state index contributed by atoms with van der Waals surface area (Å²) in [7, 11) is 1.66. The van der Waals surface area contributed by atoms with E-state index in [2.05, 4.69) is 5.32 Å². The van der Waals surface area contributed by atoms with Crippen LogP contribution < -0.4 is 10.1 Å². The number of likely N-dealkylation sites (tertiary alicyclic amines) is 1. The van der Waals surface area contributed by atoms with Gasteiger partial charge in [0.05, 0.1) is 6.54 Å². The first kappa shape index (κ1) is 19.9. The van der Waals surface area contributed by atoms with Crippen LogP contribution in [0.1, 0.15) is 19.3 Å². The van der Waals surface area contributed by atoms with Crippen molar-refractivity contribution in [3.63, 3.8) is 0 Å². The summed E-state index contributed by atoms with van der Waals surface area (Å²) in [6.07, 6.45) is 2.56. The highest BCUT2D eigenvalue weighted by atomic mass is 35.5. The van der Waals surface area contributed by atoms with Crippen LogP contribution in [0.25, 0.3) is 0 Å². The normalized spacial score (nSPS) is 24.0. The van der Waals surface area contributed by atoms with E-state index >= 15 is 0 Å². The molecule has 2 saturated heterocycles. The molecule has 1 aromatic carbocycles. The van der Waals surface area contributed by atoms with Gasteiger partial charge in [-0.3, -0.25) is 4.79 Å². The molecule has 1 aromatic rings. The van der Waals surface area contributed by atoms with Crippen molar-refractivity contribution < 1.29 is 18.7 Å². The molecule has 0 radical (unpaired) electrons. The fraction of sp³-hybridized carbons (Fsp3) is 0.611. The van der Waals surface area contributed by atoms with Gasteiger partial charge in [0.15, 0.2) is 0 Å². The topological polar surface area (TPSA) is 50.8 Å². The average molecular weight is 373 g/mol. The van der Waals surface area contributed by atoms with Crippen molar-refractivity contribution >= 4 is 18.3 Å². The van der Waals surface area contributed by atoms with Gasteiger partial charge in [0.1, 0.15) is 23.8 Å². The highest BCUT2D eigenvalue weighted by molar-refractivity contribution is 5.85. The first-order chi connectivity index (χ1) is 11.6. The zero-order chi connectivity index (χ0) is 17.0. The first-order valence-corrected chi connectivity index (χ1v) is 8.55. The van der Waals surface area contributed by atoms with E-state index in [1.54, 1.807) is 19.2 Å². The van der Waals surface area contributed by atoms with Crippen LogP contribution in [0, 0.1) is 11.7 Å². The number of hydrogen-bond acceptors (Lipinski definition) is 4. The second-order valence-corrected chi connectivity index (χ2v) is 6.66. The molecule has 1 unspecified atom stereocenters. The summed E-state index contributed by atoms with van der Waals surface area (Å²) in [6, 6.07) is 5.95. The number of rotatable bonds is 5. The Hall–Kier alpha value is -1.37. The van der Waals surface area contributed by atoms with E-state index in [1.807, 2.05) is 4.90 Å². The van der Waals surface area contributed by atoms with Gasteiger partial charge in [-0.1, -0.05) is 0 Å². The van der Waals surface area contributed by atoms with Gasteiger partial charge in [-0.2, -0.15) is 0 Å². The number of hydrogen-bond donors (Lipinski definition) is 1. The fourth-order valence-corrected chi connectivity index (χ4v) is 3.45. The molecule has 140 valence electrons. The smallest absolute Gasteiger partial charge is 0.225 e. The third kappa shape index (κ3) is 4.84. The first-order valence-electron chi connectivity index (χ1n) is 8.55. The Morgan fingerprint density at radius 1 is 1.32 bits per heavy atom.